The van der Waals surface area contributed by atoms with Crippen molar-refractivity contribution in [1.82, 2.24) is 0 Å². The molecule has 104 valence electrons. The van der Waals surface area contributed by atoms with Gasteiger partial charge in [-0.3, -0.25) is 4.79 Å². The summed E-state index contributed by atoms with van der Waals surface area (Å²) >= 11 is 0. The second-order valence-corrected chi connectivity index (χ2v) is 4.19. The first-order chi connectivity index (χ1) is 8.92. The number of carbonyl (C=O) groups excluding carboxylic acids is 1. The lowest BCUT2D eigenvalue weighted by atomic mass is 9.96. The average Bonchev–Trinajstić information content (AvgIpc) is 2.41. The summed E-state index contributed by atoms with van der Waals surface area (Å²) < 4.78 is 0. The molecule has 0 bridgehead atoms. The molecule has 0 aliphatic heterocycles. The van der Waals surface area contributed by atoms with E-state index in [9.17, 15) is 4.79 Å². The van der Waals surface area contributed by atoms with Gasteiger partial charge in [0.2, 0.25) is 0 Å². The highest BCUT2D eigenvalue weighted by atomic mass is 16.1. The highest BCUT2D eigenvalue weighted by Gasteiger charge is 2.02. The molecule has 0 amide bonds. The summed E-state index contributed by atoms with van der Waals surface area (Å²) in [6.07, 6.45) is 6.57. The van der Waals surface area contributed by atoms with Gasteiger partial charge in [0.1, 0.15) is 0 Å². The number of hydrogen-bond acceptors (Lipinski definition) is 1. The largest absolute Gasteiger partial charge is 0.295 e. The summed E-state index contributed by atoms with van der Waals surface area (Å²) in [6.45, 7) is 15.2. The van der Waals surface area contributed by atoms with Gasteiger partial charge in [0.25, 0.3) is 0 Å². The number of hydrogen-bond donors (Lipinski definition) is 0. The van der Waals surface area contributed by atoms with Crippen molar-refractivity contribution in [3.8, 4) is 12.3 Å². The van der Waals surface area contributed by atoms with Crippen molar-refractivity contribution in [1.29, 1.82) is 0 Å². The number of aryl methyl sites for hydroxylation is 1. The molecule has 0 aliphatic carbocycles. The van der Waals surface area contributed by atoms with E-state index < -0.39 is 0 Å². The Hall–Kier alpha value is -1.81. The van der Waals surface area contributed by atoms with Crippen LogP contribution < -0.4 is 0 Å². The van der Waals surface area contributed by atoms with Gasteiger partial charge in [-0.15, -0.1) is 6.42 Å². The van der Waals surface area contributed by atoms with Gasteiger partial charge in [-0.25, -0.2) is 0 Å². The Morgan fingerprint density at radius 2 is 1.84 bits per heavy atom. The zero-order chi connectivity index (χ0) is 15.4. The topological polar surface area (TPSA) is 17.1 Å². The number of terminal acetylenes is 1. The maximum atomic E-state index is 9.69. The van der Waals surface area contributed by atoms with Crippen LogP contribution in [0.1, 0.15) is 57.2 Å². The summed E-state index contributed by atoms with van der Waals surface area (Å²) in [5.41, 5.74) is 3.64. The molecule has 0 aromatic heterocycles. The lowest BCUT2D eigenvalue weighted by molar-refractivity contribution is -0.112. The fourth-order valence-corrected chi connectivity index (χ4v) is 1.41. The van der Waals surface area contributed by atoms with Crippen LogP contribution in [0.2, 0.25) is 0 Å². The first-order valence-electron chi connectivity index (χ1n) is 6.62. The van der Waals surface area contributed by atoms with Crippen LogP contribution in [0.25, 0.3) is 0 Å². The van der Waals surface area contributed by atoms with Crippen molar-refractivity contribution in [3.05, 3.63) is 47.5 Å². The van der Waals surface area contributed by atoms with Crippen molar-refractivity contribution in [2.75, 3.05) is 0 Å². The highest BCUT2D eigenvalue weighted by molar-refractivity contribution is 5.86. The van der Waals surface area contributed by atoms with Crippen LogP contribution in [0.5, 0.6) is 0 Å². The van der Waals surface area contributed by atoms with E-state index in [1.807, 2.05) is 19.9 Å². The molecule has 19 heavy (non-hydrogen) atoms. The molecule has 0 spiro atoms. The van der Waals surface area contributed by atoms with Crippen molar-refractivity contribution in [2.45, 2.75) is 47.5 Å². The third kappa shape index (κ3) is 8.85. The summed E-state index contributed by atoms with van der Waals surface area (Å²) in [6, 6.07) is 6.19. The van der Waals surface area contributed by atoms with Crippen LogP contribution in [0.4, 0.5) is 0 Å². The number of carbonyl (C=O) groups is 1. The molecule has 0 heterocycles. The van der Waals surface area contributed by atoms with Crippen LogP contribution in [0.15, 0.2) is 30.9 Å². The molecular weight excluding hydrogens is 232 g/mol. The van der Waals surface area contributed by atoms with E-state index in [4.69, 9.17) is 6.42 Å². The van der Waals surface area contributed by atoms with Crippen molar-refractivity contribution in [2.24, 2.45) is 0 Å². The van der Waals surface area contributed by atoms with Gasteiger partial charge in [0.15, 0.2) is 5.78 Å². The molecule has 1 rings (SSSR count). The third-order valence-electron chi connectivity index (χ3n) is 2.35. The van der Waals surface area contributed by atoms with Crippen LogP contribution in [-0.2, 0) is 4.79 Å². The quantitative estimate of drug-likeness (QED) is 0.545. The van der Waals surface area contributed by atoms with E-state index >= 15 is 0 Å². The Morgan fingerprint density at radius 3 is 2.11 bits per heavy atom. The molecule has 0 saturated carbocycles. The number of allylic oxidation sites excluding steroid dienone is 1. The summed E-state index contributed by atoms with van der Waals surface area (Å²) in [5.74, 6) is 3.23. The Morgan fingerprint density at radius 1 is 1.37 bits per heavy atom. The van der Waals surface area contributed by atoms with E-state index in [2.05, 4.69) is 45.4 Å². The van der Waals surface area contributed by atoms with E-state index in [0.29, 0.717) is 5.92 Å². The SMILES string of the molecule is C#Cc1ccc(C(C)C)c(C)c1.C=CC(C)=O.CC. The zero-order valence-corrected chi connectivity index (χ0v) is 13.1. The zero-order valence-electron chi connectivity index (χ0n) is 13.1. The maximum absolute atomic E-state index is 9.69. The Bertz CT molecular complexity index is 433. The molecule has 1 aromatic rings. The summed E-state index contributed by atoms with van der Waals surface area (Å²) in [5, 5.41) is 0. The molecule has 0 N–H and O–H groups in total. The monoisotopic (exact) mass is 258 g/mol. The van der Waals surface area contributed by atoms with Crippen molar-refractivity contribution >= 4 is 5.78 Å². The second kappa shape index (κ2) is 11.3. The van der Waals surface area contributed by atoms with Crippen LogP contribution >= 0.6 is 0 Å². The van der Waals surface area contributed by atoms with Gasteiger partial charge in [-0.1, -0.05) is 46.3 Å². The van der Waals surface area contributed by atoms with Crippen molar-refractivity contribution in [3.63, 3.8) is 0 Å². The standard InChI is InChI=1S/C12H14.C4H6O.C2H6/c1-5-11-6-7-12(9(2)3)10(4)8-11;1-3-4(2)5;1-2/h1,6-9H,2-4H3;3H,1H2,2H3;1-2H3. The predicted octanol–water partition coefficient (Wildman–Crippen LogP) is 4.89. The van der Waals surface area contributed by atoms with Gasteiger partial charge < -0.3 is 0 Å². The van der Waals surface area contributed by atoms with Gasteiger partial charge >= 0.3 is 0 Å². The second-order valence-electron chi connectivity index (χ2n) is 4.19. The Kier molecular flexibility index (Phi) is 11.6. The lowest BCUT2D eigenvalue weighted by Crippen LogP contribution is -1.91. The predicted molar refractivity (Wildman–Crippen MR) is 85.4 cm³/mol. The molecule has 0 aliphatic rings. The molecule has 0 atom stereocenters. The fraction of sp³-hybridized carbons (Fsp3) is 0.389. The normalized spacial score (nSPS) is 8.32. The van der Waals surface area contributed by atoms with E-state index in [1.54, 1.807) is 0 Å². The van der Waals surface area contributed by atoms with Gasteiger partial charge in [-0.05, 0) is 49.1 Å². The first kappa shape index (κ1) is 19.5. The Balaban J connectivity index is 0. The molecule has 1 heteroatoms. The first-order valence-corrected chi connectivity index (χ1v) is 6.62. The van der Waals surface area contributed by atoms with E-state index in [1.165, 1.54) is 24.1 Å². The van der Waals surface area contributed by atoms with E-state index in [-0.39, 0.29) is 5.78 Å². The molecule has 1 aromatic carbocycles. The summed E-state index contributed by atoms with van der Waals surface area (Å²) in [7, 11) is 0. The smallest absolute Gasteiger partial charge is 0.152 e. The lowest BCUT2D eigenvalue weighted by Gasteiger charge is -2.09. The maximum Gasteiger partial charge on any atom is 0.152 e. The van der Waals surface area contributed by atoms with Gasteiger partial charge in [0, 0.05) is 5.56 Å². The minimum absolute atomic E-state index is 0.0185. The number of rotatable bonds is 2. The molecule has 0 fully saturated rings. The molecular formula is C18H26O. The van der Waals surface area contributed by atoms with Crippen LogP contribution in [-0.4, -0.2) is 5.78 Å². The minimum atomic E-state index is 0.0185. The molecule has 0 saturated heterocycles. The fourth-order valence-electron chi connectivity index (χ4n) is 1.41. The van der Waals surface area contributed by atoms with Crippen molar-refractivity contribution < 1.29 is 4.79 Å². The van der Waals surface area contributed by atoms with Crippen LogP contribution in [0.3, 0.4) is 0 Å². The molecule has 0 unspecified atom stereocenters. The number of ketones is 1. The highest BCUT2D eigenvalue weighted by Crippen LogP contribution is 2.19. The number of benzene rings is 1. The Labute approximate surface area is 118 Å². The molecule has 1 nitrogen and oxygen atoms in total. The average molecular weight is 258 g/mol. The minimum Gasteiger partial charge on any atom is -0.295 e. The third-order valence-corrected chi connectivity index (χ3v) is 2.35. The van der Waals surface area contributed by atoms with Gasteiger partial charge in [0.05, 0.1) is 0 Å². The van der Waals surface area contributed by atoms with E-state index in [0.717, 1.165) is 5.56 Å². The summed E-state index contributed by atoms with van der Waals surface area (Å²) in [4.78, 5) is 9.69. The van der Waals surface area contributed by atoms with Crippen LogP contribution in [0, 0.1) is 19.3 Å². The van der Waals surface area contributed by atoms with Gasteiger partial charge in [-0.2, -0.15) is 0 Å². The molecule has 0 radical (unpaired) electrons.